The second-order valence-corrected chi connectivity index (χ2v) is 5.74. The van der Waals surface area contributed by atoms with E-state index in [9.17, 15) is 5.11 Å². The minimum absolute atomic E-state index is 0.350. The summed E-state index contributed by atoms with van der Waals surface area (Å²) in [5.41, 5.74) is 3.62. The number of rotatable bonds is 2. The molecule has 2 fully saturated rings. The summed E-state index contributed by atoms with van der Waals surface area (Å²) in [6.45, 7) is 4.27. The molecule has 0 bridgehead atoms. The van der Waals surface area contributed by atoms with Crippen LogP contribution in [0.25, 0.3) is 0 Å². The summed E-state index contributed by atoms with van der Waals surface area (Å²) in [4.78, 5) is 0. The van der Waals surface area contributed by atoms with Gasteiger partial charge in [-0.1, -0.05) is 30.2 Å². The highest BCUT2D eigenvalue weighted by atomic mass is 16.3. The Hall–Kier alpha value is -0.820. The fourth-order valence-corrected chi connectivity index (χ4v) is 3.61. The Morgan fingerprint density at radius 2 is 1.94 bits per heavy atom. The van der Waals surface area contributed by atoms with E-state index >= 15 is 0 Å². The van der Waals surface area contributed by atoms with Gasteiger partial charge in [0.05, 0.1) is 5.60 Å². The Morgan fingerprint density at radius 1 is 1.25 bits per heavy atom. The van der Waals surface area contributed by atoms with Crippen LogP contribution in [0.3, 0.4) is 0 Å². The zero-order valence-corrected chi connectivity index (χ0v) is 10.2. The number of benzene rings is 1. The van der Waals surface area contributed by atoms with Crippen molar-refractivity contribution in [2.24, 2.45) is 11.8 Å². The second kappa shape index (κ2) is 3.33. The summed E-state index contributed by atoms with van der Waals surface area (Å²) < 4.78 is 0. The van der Waals surface area contributed by atoms with Gasteiger partial charge in [-0.25, -0.2) is 0 Å². The summed E-state index contributed by atoms with van der Waals surface area (Å²) in [7, 11) is 0. The van der Waals surface area contributed by atoms with E-state index in [2.05, 4.69) is 32.0 Å². The highest BCUT2D eigenvalue weighted by molar-refractivity contribution is 5.34. The molecule has 1 aromatic rings. The van der Waals surface area contributed by atoms with E-state index in [1.54, 1.807) is 0 Å². The van der Waals surface area contributed by atoms with Gasteiger partial charge in [-0.05, 0) is 49.7 Å². The van der Waals surface area contributed by atoms with Gasteiger partial charge in [0.2, 0.25) is 0 Å². The zero-order valence-electron chi connectivity index (χ0n) is 10.2. The fraction of sp³-hybridized carbons (Fsp3) is 0.600. The van der Waals surface area contributed by atoms with Crippen molar-refractivity contribution in [3.63, 3.8) is 0 Å². The molecule has 0 aromatic heterocycles. The first-order valence-electron chi connectivity index (χ1n) is 6.40. The molecule has 16 heavy (non-hydrogen) atoms. The lowest BCUT2D eigenvalue weighted by molar-refractivity contribution is 0.106. The number of fused-ring (bicyclic) bond motifs is 1. The van der Waals surface area contributed by atoms with Gasteiger partial charge >= 0.3 is 0 Å². The third-order valence-electron chi connectivity index (χ3n) is 4.67. The molecule has 2 unspecified atom stereocenters. The predicted molar refractivity (Wildman–Crippen MR) is 65.4 cm³/mol. The third-order valence-corrected chi connectivity index (χ3v) is 4.67. The van der Waals surface area contributed by atoms with E-state index in [1.165, 1.54) is 36.0 Å². The highest BCUT2D eigenvalue weighted by Crippen LogP contribution is 2.61. The Kier molecular flexibility index (Phi) is 2.16. The molecule has 1 N–H and O–H groups in total. The van der Waals surface area contributed by atoms with Crippen LogP contribution in [0.5, 0.6) is 0 Å². The Labute approximate surface area is 97.5 Å². The van der Waals surface area contributed by atoms with Crippen molar-refractivity contribution in [2.75, 3.05) is 0 Å². The van der Waals surface area contributed by atoms with Gasteiger partial charge in [-0.15, -0.1) is 0 Å². The van der Waals surface area contributed by atoms with Crippen LogP contribution in [-0.4, -0.2) is 10.7 Å². The average Bonchev–Trinajstić information content (AvgIpc) is 2.69. The maximum atomic E-state index is 10.6. The van der Waals surface area contributed by atoms with Crippen molar-refractivity contribution < 1.29 is 5.11 Å². The van der Waals surface area contributed by atoms with Crippen molar-refractivity contribution in [1.29, 1.82) is 0 Å². The molecule has 0 saturated heterocycles. The van der Waals surface area contributed by atoms with Crippen molar-refractivity contribution >= 4 is 0 Å². The zero-order chi connectivity index (χ0) is 11.3. The standard InChI is InChI=1S/C15H20O/c1-10-6-7-11(2)12(8-10)9-15(16)13-4-3-5-14(13)15/h6-8,13-14,16H,3-5,9H2,1-2H3. The molecular weight excluding hydrogens is 196 g/mol. The summed E-state index contributed by atoms with van der Waals surface area (Å²) in [6.07, 6.45) is 4.68. The van der Waals surface area contributed by atoms with Gasteiger partial charge in [0.15, 0.2) is 0 Å². The molecule has 0 amide bonds. The molecule has 86 valence electrons. The molecular formula is C15H20O. The maximum Gasteiger partial charge on any atom is 0.0751 e. The quantitative estimate of drug-likeness (QED) is 0.805. The number of hydrogen-bond acceptors (Lipinski definition) is 1. The molecule has 0 spiro atoms. The van der Waals surface area contributed by atoms with Gasteiger partial charge in [0.1, 0.15) is 0 Å². The average molecular weight is 216 g/mol. The van der Waals surface area contributed by atoms with Gasteiger partial charge in [-0.3, -0.25) is 0 Å². The minimum Gasteiger partial charge on any atom is -0.389 e. The molecule has 1 aromatic carbocycles. The van der Waals surface area contributed by atoms with Crippen LogP contribution in [0.1, 0.15) is 36.0 Å². The summed E-state index contributed by atoms with van der Waals surface area (Å²) in [5.74, 6) is 1.21. The largest absolute Gasteiger partial charge is 0.389 e. The van der Waals surface area contributed by atoms with Crippen LogP contribution in [-0.2, 0) is 6.42 Å². The maximum absolute atomic E-state index is 10.6. The highest BCUT2D eigenvalue weighted by Gasteiger charge is 2.64. The topological polar surface area (TPSA) is 20.2 Å². The Bertz CT molecular complexity index is 411. The van der Waals surface area contributed by atoms with Crippen LogP contribution in [0, 0.1) is 25.7 Å². The molecule has 0 heterocycles. The van der Waals surface area contributed by atoms with Gasteiger partial charge < -0.3 is 5.11 Å². The SMILES string of the molecule is Cc1ccc(C)c(CC2(O)C3CCCC32)c1. The van der Waals surface area contributed by atoms with E-state index in [0.29, 0.717) is 11.8 Å². The first kappa shape index (κ1) is 10.3. The molecule has 0 aliphatic heterocycles. The van der Waals surface area contributed by atoms with Crippen molar-refractivity contribution in [1.82, 2.24) is 0 Å². The molecule has 1 heteroatoms. The van der Waals surface area contributed by atoms with E-state index in [4.69, 9.17) is 0 Å². The van der Waals surface area contributed by atoms with Crippen LogP contribution >= 0.6 is 0 Å². The smallest absolute Gasteiger partial charge is 0.0751 e. The van der Waals surface area contributed by atoms with Crippen molar-refractivity contribution in [2.45, 2.75) is 45.1 Å². The normalized spacial score (nSPS) is 36.2. The van der Waals surface area contributed by atoms with E-state index in [0.717, 1.165) is 6.42 Å². The Morgan fingerprint density at radius 3 is 2.62 bits per heavy atom. The molecule has 3 rings (SSSR count). The minimum atomic E-state index is -0.350. The first-order chi connectivity index (χ1) is 7.61. The number of hydrogen-bond donors (Lipinski definition) is 1. The van der Waals surface area contributed by atoms with Crippen molar-refractivity contribution in [3.05, 3.63) is 34.9 Å². The van der Waals surface area contributed by atoms with Crippen LogP contribution in [0.2, 0.25) is 0 Å². The number of aliphatic hydroxyl groups is 1. The van der Waals surface area contributed by atoms with Crippen LogP contribution < -0.4 is 0 Å². The monoisotopic (exact) mass is 216 g/mol. The van der Waals surface area contributed by atoms with Gasteiger partial charge in [0.25, 0.3) is 0 Å². The van der Waals surface area contributed by atoms with Crippen LogP contribution in [0.15, 0.2) is 18.2 Å². The fourth-order valence-electron chi connectivity index (χ4n) is 3.61. The molecule has 2 atom stereocenters. The van der Waals surface area contributed by atoms with Crippen LogP contribution in [0.4, 0.5) is 0 Å². The summed E-state index contributed by atoms with van der Waals surface area (Å²) in [5, 5.41) is 10.6. The third kappa shape index (κ3) is 1.41. The predicted octanol–water partition coefficient (Wildman–Crippen LogP) is 3.01. The molecule has 2 aliphatic rings. The lowest BCUT2D eigenvalue weighted by Crippen LogP contribution is -2.19. The van der Waals surface area contributed by atoms with E-state index in [1.807, 2.05) is 0 Å². The Balaban J connectivity index is 1.82. The molecule has 2 aliphatic carbocycles. The second-order valence-electron chi connectivity index (χ2n) is 5.74. The first-order valence-corrected chi connectivity index (χ1v) is 6.40. The van der Waals surface area contributed by atoms with Gasteiger partial charge in [0, 0.05) is 6.42 Å². The lowest BCUT2D eigenvalue weighted by Gasteiger charge is -2.16. The van der Waals surface area contributed by atoms with Crippen molar-refractivity contribution in [3.8, 4) is 0 Å². The van der Waals surface area contributed by atoms with E-state index < -0.39 is 0 Å². The lowest BCUT2D eigenvalue weighted by atomic mass is 9.95. The van der Waals surface area contributed by atoms with Gasteiger partial charge in [-0.2, -0.15) is 0 Å². The molecule has 1 nitrogen and oxygen atoms in total. The summed E-state index contributed by atoms with van der Waals surface area (Å²) >= 11 is 0. The number of aryl methyl sites for hydroxylation is 2. The molecule has 0 radical (unpaired) electrons. The summed E-state index contributed by atoms with van der Waals surface area (Å²) in [6, 6.07) is 6.56. The van der Waals surface area contributed by atoms with E-state index in [-0.39, 0.29) is 5.60 Å². The molecule has 2 saturated carbocycles.